The first-order valence-corrected chi connectivity index (χ1v) is 22.2. The number of carbonyl (C=O) groups is 2. The number of likely N-dealkylation sites (N-methyl/N-ethyl adjacent to an activating group) is 1. The zero-order chi connectivity index (χ0) is 40.9. The lowest BCUT2D eigenvalue weighted by molar-refractivity contribution is -0.870. The first kappa shape index (κ1) is 52.4. The van der Waals surface area contributed by atoms with Crippen molar-refractivity contribution >= 4 is 19.8 Å². The monoisotopic (exact) mass is 794 g/mol. The maximum Gasteiger partial charge on any atom is 0.306 e. The molecular weight excluding hydrogens is 717 g/mol. The molecule has 0 aliphatic rings. The van der Waals surface area contributed by atoms with E-state index in [1.807, 2.05) is 76.7 Å². The highest BCUT2D eigenvalue weighted by Gasteiger charge is 2.21. The van der Waals surface area contributed by atoms with Gasteiger partial charge in [0.1, 0.15) is 19.8 Å². The van der Waals surface area contributed by atoms with Crippen molar-refractivity contribution in [2.75, 3.05) is 47.5 Å². The lowest BCUT2D eigenvalue weighted by Gasteiger charge is -2.28. The van der Waals surface area contributed by atoms with Crippen molar-refractivity contribution in [2.45, 2.75) is 148 Å². The molecule has 0 bridgehead atoms. The fraction of sp³-hybridized carbons (Fsp3) is 0.682. The Morgan fingerprint density at radius 1 is 0.691 bits per heavy atom. The molecule has 0 aliphatic carbocycles. The second-order valence-electron chi connectivity index (χ2n) is 14.8. The van der Waals surface area contributed by atoms with Crippen molar-refractivity contribution in [3.05, 3.63) is 72.9 Å². The van der Waals surface area contributed by atoms with Crippen LogP contribution in [0.15, 0.2) is 72.9 Å². The topological polar surface area (TPSA) is 131 Å². The molecule has 0 aromatic carbocycles. The molecule has 1 N–H and O–H groups in total. The molecule has 0 saturated heterocycles. The van der Waals surface area contributed by atoms with Gasteiger partial charge in [-0.05, 0) is 70.6 Å². The Morgan fingerprint density at radius 2 is 1.27 bits per heavy atom. The number of rotatable bonds is 36. The molecule has 0 aliphatic heterocycles. The van der Waals surface area contributed by atoms with Crippen LogP contribution in [-0.4, -0.2) is 81.2 Å². The summed E-state index contributed by atoms with van der Waals surface area (Å²) in [5.74, 6) is -0.945. The first-order valence-electron chi connectivity index (χ1n) is 20.8. The lowest BCUT2D eigenvalue weighted by atomic mass is 10.1. The molecule has 11 heteroatoms. The third-order valence-electron chi connectivity index (χ3n) is 8.29. The normalized spacial score (nSPS) is 15.0. The number of aliphatic hydroxyl groups is 1. The number of hydrogen-bond donors (Lipinski definition) is 1. The van der Waals surface area contributed by atoms with Crippen molar-refractivity contribution in [3.8, 4) is 0 Å². The van der Waals surface area contributed by atoms with Crippen LogP contribution in [0.5, 0.6) is 0 Å². The largest absolute Gasteiger partial charge is 0.756 e. The Morgan fingerprint density at radius 3 is 1.96 bits per heavy atom. The Labute approximate surface area is 334 Å². The van der Waals surface area contributed by atoms with Gasteiger partial charge in [0.25, 0.3) is 7.82 Å². The maximum absolute atomic E-state index is 12.6. The van der Waals surface area contributed by atoms with Crippen molar-refractivity contribution in [1.82, 2.24) is 0 Å². The van der Waals surface area contributed by atoms with Crippen molar-refractivity contribution in [3.63, 3.8) is 0 Å². The SMILES string of the molecule is CC/C=C\C(O)C/C=C/C=C\C/C=C\C/C=C\CCCC(=O)O[C@H](COC(=O)CCCCCCC/C=C\CCCCCC)COP(=O)([O-])OCC[N+](C)(C)C. The van der Waals surface area contributed by atoms with Crippen LogP contribution in [0.2, 0.25) is 0 Å². The van der Waals surface area contributed by atoms with Gasteiger partial charge in [0.05, 0.1) is 33.9 Å². The summed E-state index contributed by atoms with van der Waals surface area (Å²) in [6.45, 7) is 3.85. The highest BCUT2D eigenvalue weighted by Crippen LogP contribution is 2.38. The molecule has 55 heavy (non-hydrogen) atoms. The molecule has 0 fully saturated rings. The molecular formula is C44H76NO9P. The molecule has 3 atom stereocenters. The summed E-state index contributed by atoms with van der Waals surface area (Å²) < 4.78 is 33.7. The fourth-order valence-electron chi connectivity index (χ4n) is 5.00. The summed E-state index contributed by atoms with van der Waals surface area (Å²) in [4.78, 5) is 37.4. The number of nitrogens with zero attached hydrogens (tertiary/aromatic N) is 1. The van der Waals surface area contributed by atoms with Crippen LogP contribution in [0.25, 0.3) is 0 Å². The van der Waals surface area contributed by atoms with Gasteiger partial charge in [0.15, 0.2) is 6.10 Å². The molecule has 0 heterocycles. The third kappa shape index (κ3) is 39.4. The summed E-state index contributed by atoms with van der Waals surface area (Å²) in [6, 6.07) is 0. The molecule has 0 spiro atoms. The van der Waals surface area contributed by atoms with Gasteiger partial charge in [-0.2, -0.15) is 0 Å². The Kier molecular flexibility index (Phi) is 34.1. The number of esters is 2. The summed E-state index contributed by atoms with van der Waals surface area (Å²) >= 11 is 0. The Balaban J connectivity index is 4.56. The van der Waals surface area contributed by atoms with E-state index in [9.17, 15) is 24.2 Å². The summed E-state index contributed by atoms with van der Waals surface area (Å²) in [7, 11) is 1.08. The van der Waals surface area contributed by atoms with Gasteiger partial charge < -0.3 is 33.0 Å². The minimum absolute atomic E-state index is 0.0540. The van der Waals surface area contributed by atoms with E-state index in [0.717, 1.165) is 57.8 Å². The average Bonchev–Trinajstić information content (AvgIpc) is 3.13. The van der Waals surface area contributed by atoms with E-state index in [4.69, 9.17) is 18.5 Å². The van der Waals surface area contributed by atoms with E-state index in [0.29, 0.717) is 36.7 Å². The number of allylic oxidation sites excluding steroid dienone is 10. The van der Waals surface area contributed by atoms with Crippen molar-refractivity contribution in [2.24, 2.45) is 0 Å². The number of phosphoric ester groups is 1. The summed E-state index contributed by atoms with van der Waals surface area (Å²) in [6.07, 6.45) is 39.9. The van der Waals surface area contributed by atoms with Crippen molar-refractivity contribution in [1.29, 1.82) is 0 Å². The summed E-state index contributed by atoms with van der Waals surface area (Å²) in [5.41, 5.74) is 0. The van der Waals surface area contributed by atoms with Crippen LogP contribution in [0, 0.1) is 0 Å². The third-order valence-corrected chi connectivity index (χ3v) is 9.25. The number of aliphatic hydroxyl groups excluding tert-OH is 1. The zero-order valence-electron chi connectivity index (χ0n) is 35.0. The maximum atomic E-state index is 12.6. The Hall–Kier alpha value is -2.59. The first-order chi connectivity index (χ1) is 26.4. The van der Waals surface area contributed by atoms with Gasteiger partial charge in [-0.3, -0.25) is 14.2 Å². The molecule has 316 valence electrons. The van der Waals surface area contributed by atoms with E-state index in [1.165, 1.54) is 25.7 Å². The highest BCUT2D eigenvalue weighted by molar-refractivity contribution is 7.45. The van der Waals surface area contributed by atoms with E-state index >= 15 is 0 Å². The van der Waals surface area contributed by atoms with Gasteiger partial charge in [-0.15, -0.1) is 0 Å². The number of carbonyl (C=O) groups excluding carboxylic acids is 2. The molecule has 0 radical (unpaired) electrons. The van der Waals surface area contributed by atoms with Crippen molar-refractivity contribution < 1.29 is 47.2 Å². The fourth-order valence-corrected chi connectivity index (χ4v) is 5.73. The van der Waals surface area contributed by atoms with E-state index < -0.39 is 38.6 Å². The van der Waals surface area contributed by atoms with E-state index in [1.54, 1.807) is 0 Å². The van der Waals surface area contributed by atoms with E-state index in [2.05, 4.69) is 31.2 Å². The van der Waals surface area contributed by atoms with Gasteiger partial charge in [0.2, 0.25) is 0 Å². The standard InChI is InChI=1S/C44H76NO9P/c1-6-8-10-11-12-13-14-15-19-22-25-28-31-35-43(47)51-39-42(40-53-55(49,50)52-38-37-45(3,4)5)54-44(48)36-32-29-26-23-20-17-16-18-21-24-27-30-34-41(46)33-9-7-2/h9,13-14,16-17,21,23-24,26-27,30,33,41-42,46H,6-8,10-12,15,18-20,22,25,28-29,31-32,34-40H2,1-5H3/b14-13-,17-16-,24-21-,26-23-,30-27+,33-9-/t41?,42-/m1/s1. The van der Waals surface area contributed by atoms with Crippen LogP contribution in [0.1, 0.15) is 136 Å². The van der Waals surface area contributed by atoms with Crippen LogP contribution in [0.4, 0.5) is 0 Å². The number of phosphoric acid groups is 1. The molecule has 0 amide bonds. The van der Waals surface area contributed by atoms with Crippen LogP contribution < -0.4 is 4.89 Å². The van der Waals surface area contributed by atoms with Gasteiger partial charge >= 0.3 is 11.9 Å². The average molecular weight is 794 g/mol. The quantitative estimate of drug-likeness (QED) is 0.0165. The van der Waals surface area contributed by atoms with Crippen LogP contribution in [-0.2, 0) is 32.7 Å². The number of hydrogen-bond acceptors (Lipinski definition) is 9. The minimum Gasteiger partial charge on any atom is -0.756 e. The predicted molar refractivity (Wildman–Crippen MR) is 223 cm³/mol. The van der Waals surface area contributed by atoms with E-state index in [-0.39, 0.29) is 26.1 Å². The van der Waals surface area contributed by atoms with Gasteiger partial charge in [0, 0.05) is 12.8 Å². The van der Waals surface area contributed by atoms with Gasteiger partial charge in [-0.25, -0.2) is 0 Å². The second kappa shape index (κ2) is 35.8. The number of ether oxygens (including phenoxy) is 2. The molecule has 0 aromatic heterocycles. The number of quaternary nitrogens is 1. The van der Waals surface area contributed by atoms with Crippen LogP contribution in [0.3, 0.4) is 0 Å². The number of unbranched alkanes of at least 4 members (excludes halogenated alkanes) is 10. The molecule has 0 aromatic rings. The predicted octanol–water partition coefficient (Wildman–Crippen LogP) is 9.80. The highest BCUT2D eigenvalue weighted by atomic mass is 31.2. The minimum atomic E-state index is -4.65. The van der Waals surface area contributed by atoms with Gasteiger partial charge in [-0.1, -0.05) is 125 Å². The summed E-state index contributed by atoms with van der Waals surface area (Å²) in [5, 5.41) is 9.77. The zero-order valence-corrected chi connectivity index (χ0v) is 35.8. The Bertz CT molecular complexity index is 1190. The molecule has 0 rings (SSSR count). The molecule has 0 saturated carbocycles. The molecule has 2 unspecified atom stereocenters. The smallest absolute Gasteiger partial charge is 0.306 e. The lowest BCUT2D eigenvalue weighted by Crippen LogP contribution is -2.37. The molecule has 10 nitrogen and oxygen atoms in total. The second-order valence-corrected chi connectivity index (χ2v) is 16.2. The van der Waals surface area contributed by atoms with Crippen LogP contribution >= 0.6 is 7.82 Å².